The Labute approximate surface area is 113 Å². The van der Waals surface area contributed by atoms with Crippen LogP contribution in [0, 0.1) is 0 Å². The van der Waals surface area contributed by atoms with Gasteiger partial charge in [0.05, 0.1) is 20.4 Å². The number of hydrogen-bond donors (Lipinski definition) is 1. The molecule has 0 bridgehead atoms. The van der Waals surface area contributed by atoms with E-state index >= 15 is 0 Å². The maximum Gasteiger partial charge on any atom is 0.214 e. The van der Waals surface area contributed by atoms with E-state index in [9.17, 15) is 0 Å². The number of hydrogen-bond acceptors (Lipinski definition) is 6. The zero-order valence-corrected chi connectivity index (χ0v) is 11.3. The molecule has 0 unspecified atom stereocenters. The van der Waals surface area contributed by atoms with E-state index in [0.717, 1.165) is 27.0 Å². The molecule has 7 heteroatoms. The summed E-state index contributed by atoms with van der Waals surface area (Å²) in [5.41, 5.74) is 6.53. The van der Waals surface area contributed by atoms with Gasteiger partial charge in [-0.15, -0.1) is 0 Å². The van der Waals surface area contributed by atoms with Crippen molar-refractivity contribution in [1.29, 1.82) is 0 Å². The van der Waals surface area contributed by atoms with Gasteiger partial charge < -0.3 is 15.2 Å². The van der Waals surface area contributed by atoms with Gasteiger partial charge in [-0.05, 0) is 12.1 Å². The second-order valence-electron chi connectivity index (χ2n) is 3.90. The lowest BCUT2D eigenvalue weighted by molar-refractivity contribution is 0.394. The zero-order valence-electron chi connectivity index (χ0n) is 10.5. The Hall–Kier alpha value is -2.28. The molecule has 0 aliphatic rings. The normalized spacial score (nSPS) is 10.8. The lowest BCUT2D eigenvalue weighted by Gasteiger charge is -2.06. The number of nitrogens with zero attached hydrogens (tertiary/aromatic N) is 3. The van der Waals surface area contributed by atoms with Crippen LogP contribution < -0.4 is 15.2 Å². The fourth-order valence-electron chi connectivity index (χ4n) is 1.76. The number of imidazole rings is 1. The molecule has 2 heterocycles. The Morgan fingerprint density at radius 3 is 2.42 bits per heavy atom. The van der Waals surface area contributed by atoms with E-state index in [4.69, 9.17) is 15.2 Å². The second-order valence-corrected chi connectivity index (χ2v) is 4.86. The van der Waals surface area contributed by atoms with Crippen molar-refractivity contribution in [3.8, 4) is 22.1 Å². The summed E-state index contributed by atoms with van der Waals surface area (Å²) in [6.07, 6.45) is 1.69. The van der Waals surface area contributed by atoms with Crippen molar-refractivity contribution in [2.75, 3.05) is 20.0 Å². The minimum atomic E-state index is 0.466. The van der Waals surface area contributed by atoms with Gasteiger partial charge in [0.25, 0.3) is 0 Å². The van der Waals surface area contributed by atoms with Gasteiger partial charge in [-0.25, -0.2) is 9.50 Å². The van der Waals surface area contributed by atoms with Crippen LogP contribution >= 0.6 is 11.3 Å². The highest BCUT2D eigenvalue weighted by atomic mass is 32.1. The predicted octanol–water partition coefficient (Wildman–Crippen LogP) is 2.06. The van der Waals surface area contributed by atoms with Crippen LogP contribution in [0.15, 0.2) is 24.4 Å². The van der Waals surface area contributed by atoms with Crippen LogP contribution in [0.4, 0.5) is 5.82 Å². The smallest absolute Gasteiger partial charge is 0.214 e. The highest BCUT2D eigenvalue weighted by molar-refractivity contribution is 7.19. The van der Waals surface area contributed by atoms with Crippen molar-refractivity contribution >= 4 is 22.1 Å². The molecular formula is C12H12N4O2S. The Bertz CT molecular complexity index is 681. The number of rotatable bonds is 3. The van der Waals surface area contributed by atoms with E-state index in [1.54, 1.807) is 24.9 Å². The molecule has 19 heavy (non-hydrogen) atoms. The molecule has 0 aliphatic carbocycles. The summed E-state index contributed by atoms with van der Waals surface area (Å²) in [5.74, 6) is 1.91. The first kappa shape index (κ1) is 11.8. The molecule has 98 valence electrons. The number of anilines is 1. The molecule has 0 amide bonds. The van der Waals surface area contributed by atoms with Crippen LogP contribution in [0.3, 0.4) is 0 Å². The topological polar surface area (TPSA) is 74.7 Å². The number of benzene rings is 1. The molecule has 0 saturated carbocycles. The van der Waals surface area contributed by atoms with E-state index in [-0.39, 0.29) is 0 Å². The summed E-state index contributed by atoms with van der Waals surface area (Å²) >= 11 is 1.46. The van der Waals surface area contributed by atoms with Crippen molar-refractivity contribution in [1.82, 2.24) is 14.6 Å². The standard InChI is InChI=1S/C12H12N4O2S/c1-17-8-3-7(4-9(5-8)18-2)11-15-16-6-10(13)14-12(16)19-11/h3-6H,13H2,1-2H3. The van der Waals surface area contributed by atoms with Crippen molar-refractivity contribution in [2.24, 2.45) is 0 Å². The predicted molar refractivity (Wildman–Crippen MR) is 73.8 cm³/mol. The molecule has 0 saturated heterocycles. The Balaban J connectivity index is 2.11. The molecule has 3 aromatic rings. The molecule has 2 aromatic heterocycles. The molecular weight excluding hydrogens is 264 g/mol. The van der Waals surface area contributed by atoms with Gasteiger partial charge in [-0.1, -0.05) is 11.3 Å². The van der Waals surface area contributed by atoms with Gasteiger partial charge in [0.1, 0.15) is 22.3 Å². The van der Waals surface area contributed by atoms with E-state index < -0.39 is 0 Å². The van der Waals surface area contributed by atoms with Crippen LogP contribution in [0.1, 0.15) is 0 Å². The highest BCUT2D eigenvalue weighted by Gasteiger charge is 2.11. The summed E-state index contributed by atoms with van der Waals surface area (Å²) in [6, 6.07) is 5.63. The average molecular weight is 276 g/mol. The third-order valence-electron chi connectivity index (χ3n) is 2.66. The molecule has 3 rings (SSSR count). The third-order valence-corrected chi connectivity index (χ3v) is 3.63. The summed E-state index contributed by atoms with van der Waals surface area (Å²) < 4.78 is 12.2. The van der Waals surface area contributed by atoms with Crippen LogP contribution in [0.25, 0.3) is 15.5 Å². The quantitative estimate of drug-likeness (QED) is 0.792. The van der Waals surface area contributed by atoms with Gasteiger partial charge >= 0.3 is 0 Å². The molecule has 0 spiro atoms. The molecule has 2 N–H and O–H groups in total. The van der Waals surface area contributed by atoms with Crippen molar-refractivity contribution in [3.63, 3.8) is 0 Å². The fourth-order valence-corrected chi connectivity index (χ4v) is 2.64. The number of methoxy groups -OCH3 is 2. The molecule has 1 aromatic carbocycles. The largest absolute Gasteiger partial charge is 0.497 e. The van der Waals surface area contributed by atoms with Crippen molar-refractivity contribution in [3.05, 3.63) is 24.4 Å². The molecule has 6 nitrogen and oxygen atoms in total. The van der Waals surface area contributed by atoms with Gasteiger partial charge in [0.15, 0.2) is 0 Å². The minimum absolute atomic E-state index is 0.466. The maximum atomic E-state index is 5.61. The number of fused-ring (bicyclic) bond motifs is 1. The monoisotopic (exact) mass is 276 g/mol. The molecule has 0 aliphatic heterocycles. The Kier molecular flexibility index (Phi) is 2.75. The lowest BCUT2D eigenvalue weighted by Crippen LogP contribution is -1.89. The highest BCUT2D eigenvalue weighted by Crippen LogP contribution is 2.32. The Morgan fingerprint density at radius 2 is 1.84 bits per heavy atom. The Morgan fingerprint density at radius 1 is 1.16 bits per heavy atom. The summed E-state index contributed by atoms with van der Waals surface area (Å²) in [4.78, 5) is 4.94. The summed E-state index contributed by atoms with van der Waals surface area (Å²) in [5, 5.41) is 5.27. The number of aromatic nitrogens is 3. The average Bonchev–Trinajstić information content (AvgIpc) is 2.95. The van der Waals surface area contributed by atoms with Crippen LogP contribution in [0.2, 0.25) is 0 Å². The van der Waals surface area contributed by atoms with E-state index in [0.29, 0.717) is 5.82 Å². The first-order valence-corrected chi connectivity index (χ1v) is 6.36. The third kappa shape index (κ3) is 2.08. The molecule has 0 radical (unpaired) electrons. The fraction of sp³-hybridized carbons (Fsp3) is 0.167. The van der Waals surface area contributed by atoms with Gasteiger partial charge in [-0.2, -0.15) is 5.10 Å². The molecule has 0 atom stereocenters. The van der Waals surface area contributed by atoms with Gasteiger partial charge in [0, 0.05) is 11.6 Å². The van der Waals surface area contributed by atoms with E-state index in [1.807, 2.05) is 18.2 Å². The summed E-state index contributed by atoms with van der Waals surface area (Å²) in [6.45, 7) is 0. The number of ether oxygens (including phenoxy) is 2. The van der Waals surface area contributed by atoms with Crippen LogP contribution in [0.5, 0.6) is 11.5 Å². The van der Waals surface area contributed by atoms with E-state index in [2.05, 4.69) is 10.1 Å². The summed E-state index contributed by atoms with van der Waals surface area (Å²) in [7, 11) is 3.24. The SMILES string of the molecule is COc1cc(OC)cc(-c2nn3cc(N)nc3s2)c1. The minimum Gasteiger partial charge on any atom is -0.497 e. The van der Waals surface area contributed by atoms with Gasteiger partial charge in [0.2, 0.25) is 4.96 Å². The lowest BCUT2D eigenvalue weighted by atomic mass is 10.2. The van der Waals surface area contributed by atoms with Crippen LogP contribution in [-0.2, 0) is 0 Å². The van der Waals surface area contributed by atoms with Crippen molar-refractivity contribution in [2.45, 2.75) is 0 Å². The maximum absolute atomic E-state index is 5.61. The van der Waals surface area contributed by atoms with E-state index in [1.165, 1.54) is 11.3 Å². The number of nitrogens with two attached hydrogens (primary N) is 1. The van der Waals surface area contributed by atoms with Crippen LogP contribution in [-0.4, -0.2) is 28.8 Å². The zero-order chi connectivity index (χ0) is 13.4. The van der Waals surface area contributed by atoms with Crippen molar-refractivity contribution < 1.29 is 9.47 Å². The number of nitrogen functional groups attached to an aromatic ring is 1. The first-order chi connectivity index (χ1) is 9.19. The second kappa shape index (κ2) is 4.43. The van der Waals surface area contributed by atoms with Gasteiger partial charge in [-0.3, -0.25) is 0 Å². The molecule has 0 fully saturated rings. The first-order valence-electron chi connectivity index (χ1n) is 5.55.